The Kier molecular flexibility index (Phi) is 5.27. The summed E-state index contributed by atoms with van der Waals surface area (Å²) in [5, 5.41) is 3.34. The zero-order chi connectivity index (χ0) is 15.2. The maximum atomic E-state index is 12.6. The first-order valence-corrected chi connectivity index (χ1v) is 8.43. The molecule has 5 nitrogen and oxygen atoms in total. The van der Waals surface area contributed by atoms with Gasteiger partial charge in [-0.25, -0.2) is 0 Å². The number of nitrogens with one attached hydrogen (secondary N) is 1. The van der Waals surface area contributed by atoms with E-state index < -0.39 is 0 Å². The summed E-state index contributed by atoms with van der Waals surface area (Å²) in [5.41, 5.74) is 1.58. The smallest absolute Gasteiger partial charge is 0.255 e. The van der Waals surface area contributed by atoms with Gasteiger partial charge < -0.3 is 15.0 Å². The number of carbonyl (C=O) groups is 1. The average Bonchev–Trinajstić information content (AvgIpc) is 2.93. The molecule has 0 aromatic carbocycles. The van der Waals surface area contributed by atoms with Gasteiger partial charge >= 0.3 is 0 Å². The quantitative estimate of drug-likeness (QED) is 0.929. The first-order valence-electron chi connectivity index (χ1n) is 8.43. The molecular weight excluding hydrogens is 278 g/mol. The number of carbonyl (C=O) groups excluding carboxylic acids is 1. The van der Waals surface area contributed by atoms with Gasteiger partial charge in [-0.3, -0.25) is 9.78 Å². The lowest BCUT2D eigenvalue weighted by atomic mass is 10.2. The highest BCUT2D eigenvalue weighted by molar-refractivity contribution is 5.94. The van der Waals surface area contributed by atoms with Crippen LogP contribution in [0.5, 0.6) is 0 Å². The van der Waals surface area contributed by atoms with Gasteiger partial charge in [-0.05, 0) is 31.7 Å². The normalized spacial score (nSPS) is 22.4. The van der Waals surface area contributed by atoms with Crippen molar-refractivity contribution in [3.8, 4) is 0 Å². The van der Waals surface area contributed by atoms with Crippen LogP contribution < -0.4 is 5.32 Å². The van der Waals surface area contributed by atoms with Gasteiger partial charge in [-0.15, -0.1) is 0 Å². The third kappa shape index (κ3) is 3.97. The number of aromatic nitrogens is 1. The lowest BCUT2D eigenvalue weighted by Crippen LogP contribution is -2.32. The summed E-state index contributed by atoms with van der Waals surface area (Å²) in [6.45, 7) is 3.37. The third-order valence-corrected chi connectivity index (χ3v) is 4.44. The van der Waals surface area contributed by atoms with E-state index in [-0.39, 0.29) is 12.0 Å². The minimum absolute atomic E-state index is 0.107. The maximum Gasteiger partial charge on any atom is 0.255 e. The van der Waals surface area contributed by atoms with Gasteiger partial charge in [0.2, 0.25) is 0 Å². The summed E-state index contributed by atoms with van der Waals surface area (Å²) in [7, 11) is 0. The SMILES string of the molecule is O=C(c1cncc(NCC2CCCO2)c1)N1CCCCCC1. The summed E-state index contributed by atoms with van der Waals surface area (Å²) in [4.78, 5) is 18.8. The monoisotopic (exact) mass is 303 g/mol. The lowest BCUT2D eigenvalue weighted by Gasteiger charge is -2.20. The van der Waals surface area contributed by atoms with Crippen LogP contribution in [0.3, 0.4) is 0 Å². The van der Waals surface area contributed by atoms with E-state index in [0.29, 0.717) is 5.56 Å². The van der Waals surface area contributed by atoms with Gasteiger partial charge in [0.1, 0.15) is 0 Å². The van der Waals surface area contributed by atoms with E-state index in [2.05, 4.69) is 10.3 Å². The molecule has 2 fully saturated rings. The molecule has 2 saturated heterocycles. The zero-order valence-corrected chi connectivity index (χ0v) is 13.1. The Labute approximate surface area is 132 Å². The Balaban J connectivity index is 1.60. The fraction of sp³-hybridized carbons (Fsp3) is 0.647. The standard InChI is InChI=1S/C17H25N3O2/c21-17(20-7-3-1-2-4-8-20)14-10-15(12-18-11-14)19-13-16-6-5-9-22-16/h10-12,16,19H,1-9,13H2. The number of amides is 1. The second-order valence-corrected chi connectivity index (χ2v) is 6.18. The van der Waals surface area contributed by atoms with Crippen LogP contribution in [0.4, 0.5) is 5.69 Å². The van der Waals surface area contributed by atoms with Crippen LogP contribution in [0.2, 0.25) is 0 Å². The Morgan fingerprint density at radius 2 is 2.05 bits per heavy atom. The molecule has 3 heterocycles. The second-order valence-electron chi connectivity index (χ2n) is 6.18. The maximum absolute atomic E-state index is 12.6. The molecule has 5 heteroatoms. The number of ether oxygens (including phenoxy) is 1. The van der Waals surface area contributed by atoms with Crippen molar-refractivity contribution < 1.29 is 9.53 Å². The summed E-state index contributed by atoms with van der Waals surface area (Å²) in [6, 6.07) is 1.91. The van der Waals surface area contributed by atoms with Crippen molar-refractivity contribution in [3.63, 3.8) is 0 Å². The molecule has 1 N–H and O–H groups in total. The number of anilines is 1. The molecule has 120 valence electrons. The van der Waals surface area contributed by atoms with Crippen molar-refractivity contribution in [2.75, 3.05) is 31.6 Å². The van der Waals surface area contributed by atoms with E-state index in [1.165, 1.54) is 12.8 Å². The molecule has 22 heavy (non-hydrogen) atoms. The number of nitrogens with zero attached hydrogens (tertiary/aromatic N) is 2. The van der Waals surface area contributed by atoms with Crippen molar-refractivity contribution in [2.45, 2.75) is 44.6 Å². The number of hydrogen-bond acceptors (Lipinski definition) is 4. The predicted molar refractivity (Wildman–Crippen MR) is 86.1 cm³/mol. The summed E-state index contributed by atoms with van der Waals surface area (Å²) >= 11 is 0. The predicted octanol–water partition coefficient (Wildman–Crippen LogP) is 2.69. The highest BCUT2D eigenvalue weighted by atomic mass is 16.5. The van der Waals surface area contributed by atoms with Gasteiger partial charge in [0.15, 0.2) is 0 Å². The van der Waals surface area contributed by atoms with Crippen molar-refractivity contribution in [2.24, 2.45) is 0 Å². The van der Waals surface area contributed by atoms with E-state index in [4.69, 9.17) is 4.74 Å². The van der Waals surface area contributed by atoms with E-state index in [9.17, 15) is 4.79 Å². The lowest BCUT2D eigenvalue weighted by molar-refractivity contribution is 0.0761. The first kappa shape index (κ1) is 15.3. The average molecular weight is 303 g/mol. The fourth-order valence-electron chi connectivity index (χ4n) is 3.15. The first-order chi connectivity index (χ1) is 10.8. The van der Waals surface area contributed by atoms with Crippen LogP contribution in [-0.2, 0) is 4.74 Å². The molecule has 1 aromatic rings. The van der Waals surface area contributed by atoms with Crippen molar-refractivity contribution in [1.29, 1.82) is 0 Å². The third-order valence-electron chi connectivity index (χ3n) is 4.44. The summed E-state index contributed by atoms with van der Waals surface area (Å²) < 4.78 is 5.60. The minimum Gasteiger partial charge on any atom is -0.381 e. The molecule has 3 rings (SSSR count). The Bertz CT molecular complexity index is 492. The van der Waals surface area contributed by atoms with Crippen LogP contribution in [0, 0.1) is 0 Å². The largest absolute Gasteiger partial charge is 0.381 e. The van der Waals surface area contributed by atoms with Gasteiger partial charge in [0.05, 0.1) is 17.4 Å². The molecule has 1 unspecified atom stereocenters. The highest BCUT2D eigenvalue weighted by Crippen LogP contribution is 2.17. The van der Waals surface area contributed by atoms with Crippen molar-refractivity contribution >= 4 is 11.6 Å². The Morgan fingerprint density at radius 1 is 1.23 bits per heavy atom. The second kappa shape index (κ2) is 7.58. The number of hydrogen-bond donors (Lipinski definition) is 1. The van der Waals surface area contributed by atoms with Gasteiger partial charge in [-0.1, -0.05) is 12.8 Å². The molecule has 1 amide bonds. The van der Waals surface area contributed by atoms with Crippen LogP contribution in [0.25, 0.3) is 0 Å². The van der Waals surface area contributed by atoms with E-state index >= 15 is 0 Å². The molecule has 1 atom stereocenters. The van der Waals surface area contributed by atoms with E-state index in [1.807, 2.05) is 11.0 Å². The summed E-state index contributed by atoms with van der Waals surface area (Å²) in [6.07, 6.45) is 10.6. The highest BCUT2D eigenvalue weighted by Gasteiger charge is 2.18. The summed E-state index contributed by atoms with van der Waals surface area (Å²) in [5.74, 6) is 0.107. The molecule has 0 saturated carbocycles. The zero-order valence-electron chi connectivity index (χ0n) is 13.1. The topological polar surface area (TPSA) is 54.5 Å². The molecule has 2 aliphatic heterocycles. The molecule has 0 bridgehead atoms. The van der Waals surface area contributed by atoms with Crippen molar-refractivity contribution in [1.82, 2.24) is 9.88 Å². The van der Waals surface area contributed by atoms with Crippen molar-refractivity contribution in [3.05, 3.63) is 24.0 Å². The van der Waals surface area contributed by atoms with Crippen LogP contribution in [0.15, 0.2) is 18.5 Å². The number of likely N-dealkylation sites (tertiary alicyclic amines) is 1. The number of pyridine rings is 1. The van der Waals surface area contributed by atoms with E-state index in [1.54, 1.807) is 12.4 Å². The molecule has 1 aromatic heterocycles. The Hall–Kier alpha value is -1.62. The van der Waals surface area contributed by atoms with Gasteiger partial charge in [0, 0.05) is 38.6 Å². The van der Waals surface area contributed by atoms with Crippen LogP contribution >= 0.6 is 0 Å². The van der Waals surface area contributed by atoms with Gasteiger partial charge in [-0.2, -0.15) is 0 Å². The molecular formula is C17H25N3O2. The fourth-order valence-corrected chi connectivity index (χ4v) is 3.15. The van der Waals surface area contributed by atoms with Gasteiger partial charge in [0.25, 0.3) is 5.91 Å². The number of rotatable bonds is 4. The Morgan fingerprint density at radius 3 is 2.77 bits per heavy atom. The van der Waals surface area contributed by atoms with Crippen LogP contribution in [0.1, 0.15) is 48.9 Å². The molecule has 0 aliphatic carbocycles. The minimum atomic E-state index is 0.107. The molecule has 0 radical (unpaired) electrons. The van der Waals surface area contributed by atoms with Crippen LogP contribution in [-0.4, -0.2) is 48.1 Å². The van der Waals surface area contributed by atoms with E-state index in [0.717, 1.165) is 57.6 Å². The molecule has 0 spiro atoms. The molecule has 2 aliphatic rings.